The van der Waals surface area contributed by atoms with Gasteiger partial charge in [-0.25, -0.2) is 4.98 Å². The number of fused-ring (bicyclic) bond motifs is 2. The van der Waals surface area contributed by atoms with Crippen molar-refractivity contribution < 1.29 is 0 Å². The number of aryl methyl sites for hydroxylation is 1. The van der Waals surface area contributed by atoms with Crippen molar-refractivity contribution in [2.24, 2.45) is 7.05 Å². The van der Waals surface area contributed by atoms with Gasteiger partial charge < -0.3 is 4.98 Å². The van der Waals surface area contributed by atoms with Crippen LogP contribution in [0.25, 0.3) is 0 Å². The second-order valence-corrected chi connectivity index (χ2v) is 8.01. The zero-order valence-corrected chi connectivity index (χ0v) is 16.5. The van der Waals surface area contributed by atoms with Crippen LogP contribution in [0, 0.1) is 6.92 Å². The maximum atomic E-state index is 4.79. The van der Waals surface area contributed by atoms with Crippen LogP contribution in [0.5, 0.6) is 0 Å². The molecule has 0 aromatic carbocycles. The smallest absolute Gasteiger partial charge is 0.0926 e. The second-order valence-electron chi connectivity index (χ2n) is 8.01. The predicted octanol–water partition coefficient (Wildman–Crippen LogP) is 2.60. The molecule has 1 saturated heterocycles. The minimum absolute atomic E-state index is 0.142. The predicted molar refractivity (Wildman–Crippen MR) is 103 cm³/mol. The molecule has 6 nitrogen and oxygen atoms in total. The number of piperidine rings is 1. The Hall–Kier alpha value is -1.66. The Bertz CT molecular complexity index is 737. The van der Waals surface area contributed by atoms with E-state index >= 15 is 0 Å². The number of aromatic nitrogens is 4. The quantitative estimate of drug-likeness (QED) is 0.895. The molecule has 0 atom stereocenters. The molecule has 2 aromatic rings. The second kappa shape index (κ2) is 7.16. The molecule has 0 amide bonds. The summed E-state index contributed by atoms with van der Waals surface area (Å²) in [6, 6.07) is 0. The van der Waals surface area contributed by atoms with E-state index in [2.05, 4.69) is 33.7 Å². The van der Waals surface area contributed by atoms with E-state index in [1.165, 1.54) is 54.9 Å². The molecule has 4 rings (SSSR count). The Kier molecular flexibility index (Phi) is 4.88. The van der Waals surface area contributed by atoms with Gasteiger partial charge in [-0.3, -0.25) is 14.5 Å². The Morgan fingerprint density at radius 2 is 2.04 bits per heavy atom. The van der Waals surface area contributed by atoms with Gasteiger partial charge in [0.1, 0.15) is 0 Å². The largest absolute Gasteiger partial charge is 0.348 e. The van der Waals surface area contributed by atoms with E-state index in [0.717, 1.165) is 32.6 Å². The van der Waals surface area contributed by atoms with E-state index in [9.17, 15) is 0 Å². The molecule has 0 aliphatic carbocycles. The molecular formula is C20H32N6. The Morgan fingerprint density at radius 3 is 2.73 bits per heavy atom. The molecule has 0 unspecified atom stereocenters. The van der Waals surface area contributed by atoms with E-state index in [0.29, 0.717) is 0 Å². The summed E-state index contributed by atoms with van der Waals surface area (Å²) in [7, 11) is 2.02. The first-order valence-electron chi connectivity index (χ1n) is 10.1. The normalized spacial score (nSPS) is 20.6. The molecule has 0 bridgehead atoms. The lowest BCUT2D eigenvalue weighted by atomic mass is 9.78. The Labute approximate surface area is 156 Å². The van der Waals surface area contributed by atoms with Crippen LogP contribution >= 0.6 is 0 Å². The SMILES string of the molecule is CCCCN1CCc2[nH]cnc2C12CCN(Cc1cnn(C)c1C)CC2. The molecule has 2 aromatic heterocycles. The van der Waals surface area contributed by atoms with Gasteiger partial charge in [0, 0.05) is 56.6 Å². The Morgan fingerprint density at radius 1 is 1.23 bits per heavy atom. The maximum absolute atomic E-state index is 4.79. The maximum Gasteiger partial charge on any atom is 0.0926 e. The number of likely N-dealkylation sites (tertiary alicyclic amines) is 1. The molecule has 0 radical (unpaired) electrons. The zero-order chi connectivity index (χ0) is 18.1. The van der Waals surface area contributed by atoms with Crippen LogP contribution in [-0.4, -0.2) is 55.7 Å². The van der Waals surface area contributed by atoms with E-state index in [-0.39, 0.29) is 5.54 Å². The topological polar surface area (TPSA) is 53.0 Å². The third-order valence-electron chi connectivity index (χ3n) is 6.59. The summed E-state index contributed by atoms with van der Waals surface area (Å²) in [5, 5.41) is 4.40. The summed E-state index contributed by atoms with van der Waals surface area (Å²) in [6.45, 7) is 10.1. The van der Waals surface area contributed by atoms with E-state index < -0.39 is 0 Å². The van der Waals surface area contributed by atoms with Crippen molar-refractivity contribution in [2.45, 2.75) is 58.0 Å². The van der Waals surface area contributed by atoms with Gasteiger partial charge in [-0.1, -0.05) is 13.3 Å². The molecule has 1 N–H and O–H groups in total. The van der Waals surface area contributed by atoms with Crippen LogP contribution in [0.1, 0.15) is 55.3 Å². The lowest BCUT2D eigenvalue weighted by Gasteiger charge is -2.50. The van der Waals surface area contributed by atoms with Crippen molar-refractivity contribution in [3.8, 4) is 0 Å². The number of hydrogen-bond acceptors (Lipinski definition) is 4. The van der Waals surface area contributed by atoms with Crippen LogP contribution in [-0.2, 0) is 25.6 Å². The average molecular weight is 357 g/mol. The highest BCUT2D eigenvalue weighted by Gasteiger charge is 2.46. The molecular weight excluding hydrogens is 324 g/mol. The number of nitrogens with one attached hydrogen (secondary N) is 1. The van der Waals surface area contributed by atoms with Crippen LogP contribution in [0.3, 0.4) is 0 Å². The van der Waals surface area contributed by atoms with E-state index in [1.807, 2.05) is 24.3 Å². The lowest BCUT2D eigenvalue weighted by molar-refractivity contribution is 0.00261. The molecule has 142 valence electrons. The number of aromatic amines is 1. The Balaban J connectivity index is 1.50. The highest BCUT2D eigenvalue weighted by Crippen LogP contribution is 2.42. The fourth-order valence-corrected chi connectivity index (χ4v) is 4.77. The monoisotopic (exact) mass is 356 g/mol. The van der Waals surface area contributed by atoms with Crippen LogP contribution in [0.4, 0.5) is 0 Å². The third kappa shape index (κ3) is 2.99. The standard InChI is InChI=1S/C20H32N6/c1-4-5-9-26-10-6-18-19(22-15-21-18)20(26)7-11-25(12-8-20)14-17-13-23-24(3)16(17)2/h13,15H,4-12,14H2,1-3H3,(H,21,22). The number of nitrogens with zero attached hydrogens (tertiary/aromatic N) is 5. The minimum atomic E-state index is 0.142. The van der Waals surface area contributed by atoms with Crippen molar-refractivity contribution in [2.75, 3.05) is 26.2 Å². The molecule has 2 aliphatic rings. The van der Waals surface area contributed by atoms with Gasteiger partial charge in [0.2, 0.25) is 0 Å². The fraction of sp³-hybridized carbons (Fsp3) is 0.700. The summed E-state index contributed by atoms with van der Waals surface area (Å²) in [5.74, 6) is 0. The molecule has 1 spiro atoms. The zero-order valence-electron chi connectivity index (χ0n) is 16.5. The van der Waals surface area contributed by atoms with Gasteiger partial charge in [0.25, 0.3) is 0 Å². The average Bonchev–Trinajstić information content (AvgIpc) is 3.26. The van der Waals surface area contributed by atoms with Crippen LogP contribution < -0.4 is 0 Å². The molecule has 1 fully saturated rings. The van der Waals surface area contributed by atoms with Crippen LogP contribution in [0.15, 0.2) is 12.5 Å². The number of hydrogen-bond donors (Lipinski definition) is 1. The van der Waals surface area contributed by atoms with Crippen molar-refractivity contribution in [1.82, 2.24) is 29.5 Å². The molecule has 2 aliphatic heterocycles. The van der Waals surface area contributed by atoms with Gasteiger partial charge in [0.15, 0.2) is 0 Å². The summed E-state index contributed by atoms with van der Waals surface area (Å²) < 4.78 is 1.98. The van der Waals surface area contributed by atoms with Gasteiger partial charge in [-0.2, -0.15) is 5.10 Å². The van der Waals surface area contributed by atoms with Crippen molar-refractivity contribution in [1.29, 1.82) is 0 Å². The van der Waals surface area contributed by atoms with E-state index in [4.69, 9.17) is 4.98 Å². The molecule has 6 heteroatoms. The summed E-state index contributed by atoms with van der Waals surface area (Å²) in [6.07, 6.45) is 9.93. The van der Waals surface area contributed by atoms with Crippen molar-refractivity contribution >= 4 is 0 Å². The number of rotatable bonds is 5. The molecule has 4 heterocycles. The number of imidazole rings is 1. The first-order valence-corrected chi connectivity index (χ1v) is 10.1. The molecule has 26 heavy (non-hydrogen) atoms. The number of unbranched alkanes of at least 4 members (excludes halogenated alkanes) is 1. The van der Waals surface area contributed by atoms with E-state index in [1.54, 1.807) is 0 Å². The van der Waals surface area contributed by atoms with Gasteiger partial charge in [-0.05, 0) is 32.7 Å². The van der Waals surface area contributed by atoms with Gasteiger partial charge in [0.05, 0.1) is 23.8 Å². The minimum Gasteiger partial charge on any atom is -0.348 e. The van der Waals surface area contributed by atoms with Crippen LogP contribution in [0.2, 0.25) is 0 Å². The highest BCUT2D eigenvalue weighted by molar-refractivity contribution is 5.27. The van der Waals surface area contributed by atoms with Crippen molar-refractivity contribution in [3.63, 3.8) is 0 Å². The van der Waals surface area contributed by atoms with Gasteiger partial charge in [-0.15, -0.1) is 0 Å². The highest BCUT2D eigenvalue weighted by atomic mass is 15.3. The fourth-order valence-electron chi connectivity index (χ4n) is 4.77. The summed E-state index contributed by atoms with van der Waals surface area (Å²) >= 11 is 0. The summed E-state index contributed by atoms with van der Waals surface area (Å²) in [5.41, 5.74) is 5.48. The third-order valence-corrected chi connectivity index (χ3v) is 6.59. The lowest BCUT2D eigenvalue weighted by Crippen LogP contribution is -2.56. The number of H-pyrrole nitrogens is 1. The summed E-state index contributed by atoms with van der Waals surface area (Å²) in [4.78, 5) is 13.5. The molecule has 0 saturated carbocycles. The van der Waals surface area contributed by atoms with Crippen molar-refractivity contribution in [3.05, 3.63) is 35.2 Å². The first kappa shape index (κ1) is 17.7. The van der Waals surface area contributed by atoms with Gasteiger partial charge >= 0.3 is 0 Å². The first-order chi connectivity index (χ1) is 12.6.